The van der Waals surface area contributed by atoms with E-state index in [0.29, 0.717) is 22.1 Å². The number of nitrogens with one attached hydrogen (secondary N) is 1. The van der Waals surface area contributed by atoms with Gasteiger partial charge in [-0.3, -0.25) is 9.59 Å². The maximum atomic E-state index is 12.6. The predicted octanol–water partition coefficient (Wildman–Crippen LogP) is 3.31. The number of ether oxygens (including phenoxy) is 2. The van der Waals surface area contributed by atoms with E-state index in [0.717, 1.165) is 43.2 Å². The first-order chi connectivity index (χ1) is 13.0. The van der Waals surface area contributed by atoms with Gasteiger partial charge in [-0.25, -0.2) is 0 Å². The quantitative estimate of drug-likeness (QED) is 0.743. The Labute approximate surface area is 162 Å². The standard InChI is InChI=1S/C20H24N2O4S/c1-25-14-9-8-12(10-15(14)26-2)11-17(23)22-20-18(19(21)24)13-6-4-3-5-7-16(13)27-20/h8-10H,3-7,11H2,1-2H3,(H2,21,24)(H,22,23). The molecule has 144 valence electrons. The monoisotopic (exact) mass is 388 g/mol. The maximum Gasteiger partial charge on any atom is 0.251 e. The van der Waals surface area contributed by atoms with Crippen LogP contribution >= 0.6 is 11.3 Å². The minimum atomic E-state index is -0.476. The Morgan fingerprint density at radius 3 is 2.56 bits per heavy atom. The minimum absolute atomic E-state index is 0.168. The van der Waals surface area contributed by atoms with Crippen LogP contribution in [-0.4, -0.2) is 26.0 Å². The zero-order valence-corrected chi connectivity index (χ0v) is 16.4. The van der Waals surface area contributed by atoms with E-state index < -0.39 is 5.91 Å². The van der Waals surface area contributed by atoms with Crippen molar-refractivity contribution in [2.45, 2.75) is 38.5 Å². The topological polar surface area (TPSA) is 90.6 Å². The average molecular weight is 388 g/mol. The number of rotatable bonds is 6. The van der Waals surface area contributed by atoms with Crippen molar-refractivity contribution in [3.63, 3.8) is 0 Å². The molecule has 0 atom stereocenters. The van der Waals surface area contributed by atoms with Gasteiger partial charge in [-0.05, 0) is 48.9 Å². The summed E-state index contributed by atoms with van der Waals surface area (Å²) >= 11 is 1.48. The molecule has 3 rings (SSSR count). The van der Waals surface area contributed by atoms with Gasteiger partial charge in [0.05, 0.1) is 26.2 Å². The van der Waals surface area contributed by atoms with Crippen molar-refractivity contribution < 1.29 is 19.1 Å². The van der Waals surface area contributed by atoms with E-state index in [1.54, 1.807) is 26.4 Å². The fraction of sp³-hybridized carbons (Fsp3) is 0.400. The molecule has 0 fully saturated rings. The molecular formula is C20H24N2O4S. The SMILES string of the molecule is COc1ccc(CC(=O)Nc2sc3c(c2C(N)=O)CCCCC3)cc1OC. The summed E-state index contributed by atoms with van der Waals surface area (Å²) < 4.78 is 10.5. The second kappa shape index (κ2) is 8.43. The number of nitrogens with two attached hydrogens (primary N) is 1. The first-order valence-corrected chi connectivity index (χ1v) is 9.80. The number of hydrogen-bond donors (Lipinski definition) is 2. The zero-order chi connectivity index (χ0) is 19.4. The van der Waals surface area contributed by atoms with E-state index in [9.17, 15) is 9.59 Å². The van der Waals surface area contributed by atoms with Crippen LogP contribution in [0.2, 0.25) is 0 Å². The van der Waals surface area contributed by atoms with E-state index in [4.69, 9.17) is 15.2 Å². The summed E-state index contributed by atoms with van der Waals surface area (Å²) in [7, 11) is 3.12. The molecule has 6 nitrogen and oxygen atoms in total. The van der Waals surface area contributed by atoms with Gasteiger partial charge in [0.2, 0.25) is 5.91 Å². The minimum Gasteiger partial charge on any atom is -0.493 e. The summed E-state index contributed by atoms with van der Waals surface area (Å²) in [5.74, 6) is 0.514. The molecule has 2 aromatic rings. The summed E-state index contributed by atoms with van der Waals surface area (Å²) in [6.07, 6.45) is 5.25. The molecule has 0 radical (unpaired) electrons. The highest BCUT2D eigenvalue weighted by Crippen LogP contribution is 2.37. The second-order valence-corrected chi connectivity index (χ2v) is 7.65. The molecule has 1 aromatic carbocycles. The van der Waals surface area contributed by atoms with Gasteiger partial charge in [-0.15, -0.1) is 11.3 Å². The molecule has 1 heterocycles. The molecule has 0 spiro atoms. The summed E-state index contributed by atoms with van der Waals surface area (Å²) in [6, 6.07) is 5.36. The lowest BCUT2D eigenvalue weighted by Gasteiger charge is -2.10. The van der Waals surface area contributed by atoms with Gasteiger partial charge in [0, 0.05) is 4.88 Å². The molecule has 1 aliphatic rings. The van der Waals surface area contributed by atoms with Gasteiger partial charge in [0.25, 0.3) is 5.91 Å². The Morgan fingerprint density at radius 2 is 1.85 bits per heavy atom. The number of benzene rings is 1. The van der Waals surface area contributed by atoms with Crippen LogP contribution < -0.4 is 20.5 Å². The third-order valence-corrected chi connectivity index (χ3v) is 5.94. The molecule has 1 aromatic heterocycles. The van der Waals surface area contributed by atoms with Crippen molar-refractivity contribution in [2.75, 3.05) is 19.5 Å². The van der Waals surface area contributed by atoms with E-state index in [1.807, 2.05) is 6.07 Å². The number of hydrogen-bond acceptors (Lipinski definition) is 5. The van der Waals surface area contributed by atoms with Crippen molar-refractivity contribution in [3.05, 3.63) is 39.8 Å². The van der Waals surface area contributed by atoms with Crippen LogP contribution in [-0.2, 0) is 24.1 Å². The van der Waals surface area contributed by atoms with E-state index in [2.05, 4.69) is 5.32 Å². The van der Waals surface area contributed by atoms with Gasteiger partial charge < -0.3 is 20.5 Å². The highest BCUT2D eigenvalue weighted by atomic mass is 32.1. The highest BCUT2D eigenvalue weighted by molar-refractivity contribution is 7.17. The van der Waals surface area contributed by atoms with Gasteiger partial charge >= 0.3 is 0 Å². The van der Waals surface area contributed by atoms with Crippen LogP contribution in [0.1, 0.15) is 45.6 Å². The predicted molar refractivity (Wildman–Crippen MR) is 106 cm³/mol. The number of aryl methyl sites for hydroxylation is 1. The molecule has 2 amide bonds. The number of anilines is 1. The Balaban J connectivity index is 1.79. The smallest absolute Gasteiger partial charge is 0.251 e. The number of fused-ring (bicyclic) bond motifs is 1. The molecule has 0 bridgehead atoms. The molecular weight excluding hydrogens is 364 g/mol. The maximum absolute atomic E-state index is 12.6. The van der Waals surface area contributed by atoms with Crippen LogP contribution in [0.25, 0.3) is 0 Å². The molecule has 27 heavy (non-hydrogen) atoms. The summed E-state index contributed by atoms with van der Waals surface area (Å²) in [5.41, 5.74) is 7.92. The Bertz CT molecular complexity index is 860. The van der Waals surface area contributed by atoms with E-state index in [1.165, 1.54) is 16.2 Å². The van der Waals surface area contributed by atoms with Gasteiger partial charge in [-0.2, -0.15) is 0 Å². The van der Waals surface area contributed by atoms with Crippen molar-refractivity contribution >= 4 is 28.2 Å². The van der Waals surface area contributed by atoms with Gasteiger partial charge in [-0.1, -0.05) is 12.5 Å². The van der Waals surface area contributed by atoms with Crippen molar-refractivity contribution in [1.29, 1.82) is 0 Å². The number of primary amides is 1. The number of thiophene rings is 1. The van der Waals surface area contributed by atoms with E-state index in [-0.39, 0.29) is 12.3 Å². The van der Waals surface area contributed by atoms with Crippen molar-refractivity contribution in [3.8, 4) is 11.5 Å². The third kappa shape index (κ3) is 4.24. The molecule has 7 heteroatoms. The van der Waals surface area contributed by atoms with Gasteiger partial charge in [0.1, 0.15) is 5.00 Å². The van der Waals surface area contributed by atoms with E-state index >= 15 is 0 Å². The van der Waals surface area contributed by atoms with Gasteiger partial charge in [0.15, 0.2) is 11.5 Å². The molecule has 0 saturated heterocycles. The zero-order valence-electron chi connectivity index (χ0n) is 15.6. The fourth-order valence-corrected chi connectivity index (χ4v) is 4.75. The average Bonchev–Trinajstić information content (AvgIpc) is 2.82. The summed E-state index contributed by atoms with van der Waals surface area (Å²) in [6.45, 7) is 0. The second-order valence-electron chi connectivity index (χ2n) is 6.55. The lowest BCUT2D eigenvalue weighted by atomic mass is 10.1. The van der Waals surface area contributed by atoms with Crippen molar-refractivity contribution in [2.24, 2.45) is 5.73 Å². The van der Waals surface area contributed by atoms with Crippen LogP contribution in [0.5, 0.6) is 11.5 Å². The number of amides is 2. The lowest BCUT2D eigenvalue weighted by Crippen LogP contribution is -2.19. The van der Waals surface area contributed by atoms with Crippen LogP contribution in [0.15, 0.2) is 18.2 Å². The largest absolute Gasteiger partial charge is 0.493 e. The van der Waals surface area contributed by atoms with Crippen LogP contribution in [0.3, 0.4) is 0 Å². The van der Waals surface area contributed by atoms with Crippen molar-refractivity contribution in [1.82, 2.24) is 0 Å². The Kier molecular flexibility index (Phi) is 6.01. The normalized spacial score (nSPS) is 13.4. The number of carbonyl (C=O) groups excluding carboxylic acids is 2. The van der Waals surface area contributed by atoms with Crippen LogP contribution in [0, 0.1) is 0 Å². The third-order valence-electron chi connectivity index (χ3n) is 4.73. The number of carbonyl (C=O) groups is 2. The molecule has 3 N–H and O–H groups in total. The molecule has 1 aliphatic carbocycles. The first kappa shape index (κ1) is 19.2. The fourth-order valence-electron chi connectivity index (χ4n) is 3.44. The summed E-state index contributed by atoms with van der Waals surface area (Å²) in [4.78, 5) is 25.7. The summed E-state index contributed by atoms with van der Waals surface area (Å²) in [5, 5.41) is 3.46. The van der Waals surface area contributed by atoms with Crippen LogP contribution in [0.4, 0.5) is 5.00 Å². The highest BCUT2D eigenvalue weighted by Gasteiger charge is 2.24. The Morgan fingerprint density at radius 1 is 1.11 bits per heavy atom. The number of methoxy groups -OCH3 is 2. The molecule has 0 aliphatic heterocycles. The lowest BCUT2D eigenvalue weighted by molar-refractivity contribution is -0.115. The Hall–Kier alpha value is -2.54. The molecule has 0 unspecified atom stereocenters. The first-order valence-electron chi connectivity index (χ1n) is 8.98. The molecule has 0 saturated carbocycles.